The van der Waals surface area contributed by atoms with Gasteiger partial charge in [0.15, 0.2) is 0 Å². The second-order valence-electron chi connectivity index (χ2n) is 6.10. The quantitative estimate of drug-likeness (QED) is 0.812. The van der Waals surface area contributed by atoms with Crippen LogP contribution in [0.4, 0.5) is 0 Å². The number of nitrogens with zero attached hydrogens (tertiary/aromatic N) is 2. The van der Waals surface area contributed by atoms with Gasteiger partial charge < -0.3 is 14.8 Å². The molecule has 130 valence electrons. The van der Waals surface area contributed by atoms with Gasteiger partial charge in [-0.25, -0.2) is 4.79 Å². The van der Waals surface area contributed by atoms with Crippen LogP contribution >= 0.6 is 0 Å². The fourth-order valence-electron chi connectivity index (χ4n) is 2.58. The minimum absolute atomic E-state index is 0.109. The van der Waals surface area contributed by atoms with E-state index in [0.717, 1.165) is 12.2 Å². The average molecular weight is 333 g/mol. The summed E-state index contributed by atoms with van der Waals surface area (Å²) in [5.41, 5.74) is 1.54. The molecule has 24 heavy (non-hydrogen) atoms. The lowest BCUT2D eigenvalue weighted by molar-refractivity contribution is 0.0694. The minimum Gasteiger partial charge on any atom is -0.478 e. The molecule has 0 aromatic carbocycles. The number of carbonyl (C=O) groups excluding carboxylic acids is 1. The van der Waals surface area contributed by atoms with Gasteiger partial charge in [-0.15, -0.1) is 0 Å². The van der Waals surface area contributed by atoms with Gasteiger partial charge in [0.2, 0.25) is 0 Å². The number of hydrogen-bond donors (Lipinski definition) is 2. The Morgan fingerprint density at radius 1 is 1.38 bits per heavy atom. The Hall–Kier alpha value is -2.57. The van der Waals surface area contributed by atoms with Crippen LogP contribution in [0.1, 0.15) is 58.7 Å². The van der Waals surface area contributed by atoms with E-state index in [0.29, 0.717) is 29.4 Å². The van der Waals surface area contributed by atoms with Crippen molar-refractivity contribution < 1.29 is 19.1 Å². The molecule has 0 bridgehead atoms. The molecule has 2 aromatic rings. The summed E-state index contributed by atoms with van der Waals surface area (Å²) in [7, 11) is 0. The minimum atomic E-state index is -1.04. The number of hydrogen-bond acceptors (Lipinski definition) is 4. The maximum atomic E-state index is 12.4. The van der Waals surface area contributed by atoms with Crippen molar-refractivity contribution in [3.63, 3.8) is 0 Å². The van der Waals surface area contributed by atoms with Crippen LogP contribution in [0.25, 0.3) is 0 Å². The number of aryl methyl sites for hydroxylation is 1. The third-order valence-electron chi connectivity index (χ3n) is 3.69. The van der Waals surface area contributed by atoms with Crippen molar-refractivity contribution in [2.75, 3.05) is 0 Å². The van der Waals surface area contributed by atoms with Crippen molar-refractivity contribution >= 4 is 11.9 Å². The second kappa shape index (κ2) is 7.33. The summed E-state index contributed by atoms with van der Waals surface area (Å²) in [6, 6.07) is 1.43. The van der Waals surface area contributed by atoms with E-state index in [2.05, 4.69) is 24.3 Å². The zero-order valence-corrected chi connectivity index (χ0v) is 14.4. The number of rotatable bonds is 7. The first-order valence-electron chi connectivity index (χ1n) is 7.98. The molecular formula is C17H23N3O4. The largest absolute Gasteiger partial charge is 0.478 e. The molecule has 0 saturated heterocycles. The molecule has 2 aromatic heterocycles. The van der Waals surface area contributed by atoms with E-state index in [4.69, 9.17) is 9.52 Å². The first kappa shape index (κ1) is 17.8. The summed E-state index contributed by atoms with van der Waals surface area (Å²) < 4.78 is 7.22. The zero-order valence-electron chi connectivity index (χ0n) is 14.4. The van der Waals surface area contributed by atoms with E-state index in [1.54, 1.807) is 13.1 Å². The molecule has 1 amide bonds. The summed E-state index contributed by atoms with van der Waals surface area (Å²) in [6.45, 7) is 8.65. The van der Waals surface area contributed by atoms with Crippen LogP contribution in [0.2, 0.25) is 0 Å². The molecule has 0 saturated carbocycles. The third kappa shape index (κ3) is 3.84. The van der Waals surface area contributed by atoms with Crippen molar-refractivity contribution in [3.8, 4) is 0 Å². The SMILES string of the molecule is CCc1c(C(=O)NCc2cc(C(=O)O)c(C)o2)cnn1CC(C)C. The van der Waals surface area contributed by atoms with Gasteiger partial charge in [0.1, 0.15) is 17.1 Å². The number of aromatic carboxylic acids is 1. The average Bonchev–Trinajstić information content (AvgIpc) is 3.07. The fraction of sp³-hybridized carbons (Fsp3) is 0.471. The number of nitrogens with one attached hydrogen (secondary N) is 1. The Kier molecular flexibility index (Phi) is 5.43. The standard InChI is InChI=1S/C17H23N3O4/c1-5-15-14(8-19-20(15)9-10(2)3)16(21)18-7-12-6-13(17(22)23)11(4)24-12/h6,8,10H,5,7,9H2,1-4H3,(H,18,21)(H,22,23). The zero-order chi connectivity index (χ0) is 17.9. The van der Waals surface area contributed by atoms with Crippen molar-refractivity contribution in [2.24, 2.45) is 5.92 Å². The lowest BCUT2D eigenvalue weighted by Crippen LogP contribution is -2.23. The molecule has 7 heteroatoms. The van der Waals surface area contributed by atoms with E-state index >= 15 is 0 Å². The molecule has 0 fully saturated rings. The van der Waals surface area contributed by atoms with Crippen molar-refractivity contribution in [1.29, 1.82) is 0 Å². The summed E-state index contributed by atoms with van der Waals surface area (Å²) in [5, 5.41) is 16.1. The Morgan fingerprint density at radius 2 is 2.08 bits per heavy atom. The maximum Gasteiger partial charge on any atom is 0.339 e. The van der Waals surface area contributed by atoms with Gasteiger partial charge in [-0.3, -0.25) is 9.48 Å². The summed E-state index contributed by atoms with van der Waals surface area (Å²) in [5.74, 6) is -0.117. The fourth-order valence-corrected chi connectivity index (χ4v) is 2.58. The highest BCUT2D eigenvalue weighted by atomic mass is 16.4. The Morgan fingerprint density at radius 3 is 2.62 bits per heavy atom. The smallest absolute Gasteiger partial charge is 0.339 e. The lowest BCUT2D eigenvalue weighted by atomic mass is 10.1. The van der Waals surface area contributed by atoms with E-state index in [1.165, 1.54) is 6.07 Å². The van der Waals surface area contributed by atoms with E-state index in [1.807, 2.05) is 11.6 Å². The highest BCUT2D eigenvalue weighted by molar-refractivity contribution is 5.95. The van der Waals surface area contributed by atoms with E-state index in [-0.39, 0.29) is 18.0 Å². The first-order valence-corrected chi connectivity index (χ1v) is 7.98. The predicted molar refractivity (Wildman–Crippen MR) is 88.0 cm³/mol. The number of carbonyl (C=O) groups is 2. The second-order valence-corrected chi connectivity index (χ2v) is 6.10. The lowest BCUT2D eigenvalue weighted by Gasteiger charge is -2.10. The Labute approximate surface area is 140 Å². The van der Waals surface area contributed by atoms with Gasteiger partial charge in [-0.1, -0.05) is 20.8 Å². The molecule has 0 atom stereocenters. The van der Waals surface area contributed by atoms with Crippen LogP contribution in [0, 0.1) is 12.8 Å². The van der Waals surface area contributed by atoms with Gasteiger partial charge in [0, 0.05) is 6.54 Å². The molecule has 0 spiro atoms. The van der Waals surface area contributed by atoms with Crippen molar-refractivity contribution in [1.82, 2.24) is 15.1 Å². The molecular weight excluding hydrogens is 310 g/mol. The molecule has 2 heterocycles. The number of aromatic nitrogens is 2. The predicted octanol–water partition coefficient (Wildman–Crippen LogP) is 2.63. The van der Waals surface area contributed by atoms with Crippen LogP contribution in [-0.4, -0.2) is 26.8 Å². The van der Waals surface area contributed by atoms with Gasteiger partial charge in [-0.05, 0) is 25.3 Å². The molecule has 7 nitrogen and oxygen atoms in total. The highest BCUT2D eigenvalue weighted by Crippen LogP contribution is 2.15. The molecule has 2 N–H and O–H groups in total. The van der Waals surface area contributed by atoms with Crippen LogP contribution < -0.4 is 5.32 Å². The highest BCUT2D eigenvalue weighted by Gasteiger charge is 2.18. The number of furan rings is 1. The van der Waals surface area contributed by atoms with E-state index in [9.17, 15) is 9.59 Å². The summed E-state index contributed by atoms with van der Waals surface area (Å²) >= 11 is 0. The van der Waals surface area contributed by atoms with Gasteiger partial charge in [-0.2, -0.15) is 5.10 Å². The van der Waals surface area contributed by atoms with Gasteiger partial charge in [0.05, 0.1) is 24.0 Å². The molecule has 0 unspecified atom stereocenters. The van der Waals surface area contributed by atoms with Crippen LogP contribution in [0.15, 0.2) is 16.7 Å². The number of carboxylic acids is 1. The van der Waals surface area contributed by atoms with Gasteiger partial charge >= 0.3 is 5.97 Å². The topological polar surface area (TPSA) is 97.4 Å². The summed E-state index contributed by atoms with van der Waals surface area (Å²) in [6.07, 6.45) is 2.28. The number of amides is 1. The summed E-state index contributed by atoms with van der Waals surface area (Å²) in [4.78, 5) is 23.4. The van der Waals surface area contributed by atoms with Crippen molar-refractivity contribution in [2.45, 2.75) is 47.2 Å². The van der Waals surface area contributed by atoms with Crippen molar-refractivity contribution in [3.05, 3.63) is 40.6 Å². The third-order valence-corrected chi connectivity index (χ3v) is 3.69. The monoisotopic (exact) mass is 333 g/mol. The molecule has 0 radical (unpaired) electrons. The normalized spacial score (nSPS) is 11.0. The Balaban J connectivity index is 2.09. The Bertz CT molecular complexity index is 743. The van der Waals surface area contributed by atoms with E-state index < -0.39 is 5.97 Å². The van der Waals surface area contributed by atoms with Crippen LogP contribution in [0.5, 0.6) is 0 Å². The molecule has 2 rings (SSSR count). The van der Waals surface area contributed by atoms with Gasteiger partial charge in [0.25, 0.3) is 5.91 Å². The molecule has 0 aliphatic rings. The molecule has 0 aliphatic heterocycles. The van der Waals surface area contributed by atoms with Crippen LogP contribution in [-0.2, 0) is 19.5 Å². The molecule has 0 aliphatic carbocycles. The first-order chi connectivity index (χ1) is 11.3. The van der Waals surface area contributed by atoms with Crippen LogP contribution in [0.3, 0.4) is 0 Å². The maximum absolute atomic E-state index is 12.4. The number of carboxylic acid groups (broad SMARTS) is 1.